The first-order chi connectivity index (χ1) is 17.7. The molecule has 6 N–H and O–H groups in total. The Balaban J connectivity index is 0.000000925. The summed E-state index contributed by atoms with van der Waals surface area (Å²) < 4.78 is 10.7. The van der Waals surface area contributed by atoms with Gasteiger partial charge in [0.2, 0.25) is 0 Å². The van der Waals surface area contributed by atoms with E-state index in [1.165, 1.54) is 5.56 Å². The van der Waals surface area contributed by atoms with Crippen LogP contribution in [0.15, 0.2) is 78.9 Å². The second kappa shape index (κ2) is 16.0. The van der Waals surface area contributed by atoms with E-state index in [1.54, 1.807) is 14.2 Å². The molecular weight excluding hydrogens is 490 g/mol. The Morgan fingerprint density at radius 3 is 1.79 bits per heavy atom. The molecule has 0 spiro atoms. The van der Waals surface area contributed by atoms with Gasteiger partial charge in [0.15, 0.2) is 11.5 Å². The second-order valence-electron chi connectivity index (χ2n) is 8.51. The third-order valence-corrected chi connectivity index (χ3v) is 6.04. The molecule has 0 aliphatic carbocycles. The van der Waals surface area contributed by atoms with Gasteiger partial charge in [0, 0.05) is 12.5 Å². The molecule has 3 rings (SSSR count). The molecule has 3 aromatic rings. The number of benzene rings is 3. The number of carboxylic acids is 2. The van der Waals surface area contributed by atoms with E-state index in [-0.39, 0.29) is 11.4 Å². The molecule has 0 bridgehead atoms. The van der Waals surface area contributed by atoms with E-state index < -0.39 is 17.5 Å². The van der Waals surface area contributed by atoms with E-state index in [4.69, 9.17) is 29.3 Å². The molecule has 0 fully saturated rings. The first kappa shape index (κ1) is 32.1. The zero-order chi connectivity index (χ0) is 27.3. The number of rotatable bonds is 11. The van der Waals surface area contributed by atoms with E-state index >= 15 is 0 Å². The molecule has 0 heterocycles. The minimum Gasteiger partial charge on any atom is -0.493 e. The zero-order valence-corrected chi connectivity index (χ0v) is 21.9. The van der Waals surface area contributed by atoms with Crippen LogP contribution in [0, 0.1) is 5.92 Å². The number of aliphatic hydroxyl groups is 1. The van der Waals surface area contributed by atoms with Gasteiger partial charge in [-0.15, -0.1) is 0 Å². The van der Waals surface area contributed by atoms with Crippen LogP contribution in [-0.4, -0.2) is 60.0 Å². The summed E-state index contributed by atoms with van der Waals surface area (Å²) >= 11 is 0. The van der Waals surface area contributed by atoms with Crippen LogP contribution in [-0.2, 0) is 21.6 Å². The van der Waals surface area contributed by atoms with Crippen molar-refractivity contribution in [2.75, 3.05) is 27.3 Å². The maximum Gasteiger partial charge on any atom is 0.414 e. The fourth-order valence-electron chi connectivity index (χ4n) is 4.04. The fraction of sp³-hybridized carbons (Fsp3) is 0.310. The number of hydrogen-bond donors (Lipinski definition) is 4. The summed E-state index contributed by atoms with van der Waals surface area (Å²) in [5.41, 5.74) is 2.01. The van der Waals surface area contributed by atoms with Crippen LogP contribution in [0.4, 0.5) is 0 Å². The Bertz CT molecular complexity index is 1070. The Kier molecular flexibility index (Phi) is 13.5. The molecule has 0 aliphatic rings. The SMILES string of the molecule is COc1ccc(CCCNCC(C)C(O)(c2ccccc2)c2ccccc2)cc1OC.O.O=C(O)C(=O)O. The predicted octanol–water partition coefficient (Wildman–Crippen LogP) is 3.13. The van der Waals surface area contributed by atoms with Gasteiger partial charge in [0.05, 0.1) is 14.2 Å². The van der Waals surface area contributed by atoms with Crippen LogP contribution in [0.3, 0.4) is 0 Å². The maximum atomic E-state index is 11.8. The molecule has 0 amide bonds. The van der Waals surface area contributed by atoms with Gasteiger partial charge in [-0.25, -0.2) is 9.59 Å². The molecule has 1 unspecified atom stereocenters. The number of hydrogen-bond acceptors (Lipinski definition) is 6. The molecule has 0 saturated heterocycles. The van der Waals surface area contributed by atoms with Gasteiger partial charge in [-0.05, 0) is 48.2 Å². The van der Waals surface area contributed by atoms with E-state index in [9.17, 15) is 5.11 Å². The van der Waals surface area contributed by atoms with Crippen molar-refractivity contribution >= 4 is 11.9 Å². The summed E-state index contributed by atoms with van der Waals surface area (Å²) in [6.45, 7) is 3.69. The molecular formula is C29H37NO8. The van der Waals surface area contributed by atoms with Crippen molar-refractivity contribution in [1.82, 2.24) is 5.32 Å². The molecule has 3 aromatic carbocycles. The number of ether oxygens (including phenoxy) is 2. The number of aliphatic carboxylic acids is 2. The van der Waals surface area contributed by atoms with Crippen LogP contribution in [0.5, 0.6) is 11.5 Å². The highest BCUT2D eigenvalue weighted by molar-refractivity contribution is 6.27. The smallest absolute Gasteiger partial charge is 0.414 e. The molecule has 38 heavy (non-hydrogen) atoms. The quantitative estimate of drug-likeness (QED) is 0.219. The van der Waals surface area contributed by atoms with Gasteiger partial charge in [-0.1, -0.05) is 73.7 Å². The van der Waals surface area contributed by atoms with Gasteiger partial charge in [-0.2, -0.15) is 0 Å². The molecule has 0 radical (unpaired) electrons. The number of methoxy groups -OCH3 is 2. The van der Waals surface area contributed by atoms with E-state index in [0.717, 1.165) is 42.0 Å². The topological polar surface area (TPSA) is 157 Å². The summed E-state index contributed by atoms with van der Waals surface area (Å²) in [7, 11) is 3.31. The fourth-order valence-corrected chi connectivity index (χ4v) is 4.04. The highest BCUT2D eigenvalue weighted by atomic mass is 16.5. The minimum atomic E-state index is -1.82. The first-order valence-electron chi connectivity index (χ1n) is 11.9. The number of carbonyl (C=O) groups is 2. The Labute approximate surface area is 223 Å². The van der Waals surface area contributed by atoms with Gasteiger partial charge in [-0.3, -0.25) is 0 Å². The molecule has 9 heteroatoms. The summed E-state index contributed by atoms with van der Waals surface area (Å²) in [6.07, 6.45) is 1.95. The van der Waals surface area contributed by atoms with Crippen molar-refractivity contribution in [3.05, 3.63) is 95.6 Å². The molecule has 1 atom stereocenters. The zero-order valence-electron chi connectivity index (χ0n) is 21.9. The lowest BCUT2D eigenvalue weighted by atomic mass is 9.77. The second-order valence-corrected chi connectivity index (χ2v) is 8.51. The Hall–Kier alpha value is -3.92. The normalized spacial score (nSPS) is 11.3. The average molecular weight is 528 g/mol. The molecule has 0 saturated carbocycles. The monoisotopic (exact) mass is 527 g/mol. The Morgan fingerprint density at radius 2 is 1.34 bits per heavy atom. The largest absolute Gasteiger partial charge is 0.493 e. The Morgan fingerprint density at radius 1 is 0.842 bits per heavy atom. The van der Waals surface area contributed by atoms with Crippen LogP contribution >= 0.6 is 0 Å². The van der Waals surface area contributed by atoms with Crippen LogP contribution in [0.2, 0.25) is 0 Å². The van der Waals surface area contributed by atoms with Gasteiger partial charge in [0.25, 0.3) is 0 Å². The van der Waals surface area contributed by atoms with E-state index in [0.29, 0.717) is 6.54 Å². The lowest BCUT2D eigenvalue weighted by molar-refractivity contribution is -0.159. The van der Waals surface area contributed by atoms with Gasteiger partial charge in [0.1, 0.15) is 5.60 Å². The van der Waals surface area contributed by atoms with E-state index in [1.807, 2.05) is 72.8 Å². The van der Waals surface area contributed by atoms with Crippen molar-refractivity contribution in [2.24, 2.45) is 5.92 Å². The third kappa shape index (κ3) is 8.88. The predicted molar refractivity (Wildman–Crippen MR) is 145 cm³/mol. The summed E-state index contributed by atoms with van der Waals surface area (Å²) in [6, 6.07) is 25.9. The molecule has 0 aromatic heterocycles. The van der Waals surface area contributed by atoms with Crippen molar-refractivity contribution in [1.29, 1.82) is 0 Å². The highest BCUT2D eigenvalue weighted by Crippen LogP contribution is 2.36. The summed E-state index contributed by atoms with van der Waals surface area (Å²) in [5, 5.41) is 30.1. The number of aryl methyl sites for hydroxylation is 1. The molecule has 9 nitrogen and oxygen atoms in total. The maximum absolute atomic E-state index is 11.8. The number of carboxylic acid groups (broad SMARTS) is 2. The lowest BCUT2D eigenvalue weighted by Gasteiger charge is -2.35. The van der Waals surface area contributed by atoms with Crippen molar-refractivity contribution in [3.63, 3.8) is 0 Å². The van der Waals surface area contributed by atoms with Crippen LogP contribution in [0.25, 0.3) is 0 Å². The number of nitrogens with one attached hydrogen (secondary N) is 1. The standard InChI is InChI=1S/C27H33NO3.C2H2O4.H2O/c1-21(20-28-18-10-11-22-16-17-25(30-2)26(19-22)31-3)27(29,23-12-6-4-7-13-23)24-14-8-5-9-15-24;3-1(4)2(5)6;/h4-9,12-17,19,21,28-29H,10-11,18,20H2,1-3H3;(H,3,4)(H,5,6);1H2. The lowest BCUT2D eigenvalue weighted by Crippen LogP contribution is -2.40. The highest BCUT2D eigenvalue weighted by Gasteiger charge is 2.37. The van der Waals surface area contributed by atoms with Gasteiger partial charge >= 0.3 is 11.9 Å². The average Bonchev–Trinajstić information content (AvgIpc) is 2.93. The molecule has 0 aliphatic heterocycles. The van der Waals surface area contributed by atoms with Crippen LogP contribution in [0.1, 0.15) is 30.0 Å². The van der Waals surface area contributed by atoms with Crippen LogP contribution < -0.4 is 14.8 Å². The summed E-state index contributed by atoms with van der Waals surface area (Å²) in [5.74, 6) is -2.14. The van der Waals surface area contributed by atoms with E-state index in [2.05, 4.69) is 18.3 Å². The van der Waals surface area contributed by atoms with Gasteiger partial charge < -0.3 is 35.6 Å². The van der Waals surface area contributed by atoms with Crippen molar-refractivity contribution in [3.8, 4) is 11.5 Å². The van der Waals surface area contributed by atoms with Crippen molar-refractivity contribution in [2.45, 2.75) is 25.4 Å². The first-order valence-corrected chi connectivity index (χ1v) is 11.9. The van der Waals surface area contributed by atoms with Crippen molar-refractivity contribution < 1.29 is 39.9 Å². The minimum absolute atomic E-state index is 0. The molecule has 206 valence electrons. The summed E-state index contributed by atoms with van der Waals surface area (Å²) in [4.78, 5) is 18.2. The third-order valence-electron chi connectivity index (χ3n) is 6.04.